The number of likely N-dealkylation sites (N-methyl/N-ethyl adjacent to an activating group) is 1. The zero-order chi connectivity index (χ0) is 15.4. The Bertz CT molecular complexity index is 443. The number of halogens is 3. The molecule has 112 valence electrons. The van der Waals surface area contributed by atoms with Crippen LogP contribution in [0.25, 0.3) is 0 Å². The lowest BCUT2D eigenvalue weighted by molar-refractivity contribution is -0.175. The van der Waals surface area contributed by atoms with Crippen LogP contribution in [0.1, 0.15) is 19.4 Å². The Morgan fingerprint density at radius 1 is 1.20 bits per heavy atom. The van der Waals surface area contributed by atoms with Gasteiger partial charge in [0.1, 0.15) is 0 Å². The number of hydrogen-bond acceptors (Lipinski definition) is 2. The van der Waals surface area contributed by atoms with Crippen LogP contribution in [0.5, 0.6) is 0 Å². The molecule has 1 aromatic rings. The van der Waals surface area contributed by atoms with Crippen LogP contribution in [-0.2, 0) is 11.3 Å². The molecule has 0 saturated carbocycles. The second-order valence-corrected chi connectivity index (χ2v) is 5.49. The molecule has 20 heavy (non-hydrogen) atoms. The summed E-state index contributed by atoms with van der Waals surface area (Å²) in [5.41, 5.74) is 0.101. The first-order chi connectivity index (χ1) is 9.10. The van der Waals surface area contributed by atoms with Gasteiger partial charge in [0.2, 0.25) is 0 Å². The van der Waals surface area contributed by atoms with Crippen molar-refractivity contribution < 1.29 is 18.0 Å². The highest BCUT2D eigenvalue weighted by Gasteiger charge is 2.41. The number of amides is 1. The van der Waals surface area contributed by atoms with Crippen molar-refractivity contribution in [2.45, 2.75) is 32.1 Å². The molecule has 0 atom stereocenters. The highest BCUT2D eigenvalue weighted by atomic mass is 19.4. The Balaban J connectivity index is 2.55. The molecule has 3 nitrogen and oxygen atoms in total. The maximum atomic E-state index is 12.2. The van der Waals surface area contributed by atoms with Crippen LogP contribution in [-0.4, -0.2) is 36.1 Å². The Morgan fingerprint density at radius 2 is 1.75 bits per heavy atom. The fourth-order valence-electron chi connectivity index (χ4n) is 2.04. The maximum absolute atomic E-state index is 12.2. The van der Waals surface area contributed by atoms with Crippen molar-refractivity contribution in [3.05, 3.63) is 35.9 Å². The van der Waals surface area contributed by atoms with Crippen molar-refractivity contribution in [3.63, 3.8) is 0 Å². The fourth-order valence-corrected chi connectivity index (χ4v) is 2.04. The number of nitrogens with one attached hydrogen (secondary N) is 1. The molecule has 0 radical (unpaired) electrons. The number of alkyl halides is 3. The molecule has 0 aliphatic heterocycles. The van der Waals surface area contributed by atoms with E-state index in [9.17, 15) is 18.0 Å². The molecule has 1 rings (SSSR count). The lowest BCUT2D eigenvalue weighted by Crippen LogP contribution is -2.54. The standard InChI is InChI=1S/C14H19F3N2O/c1-13(2,18-12(20)14(15,16)17)10-19(3)9-11-7-5-4-6-8-11/h4-8H,9-10H2,1-3H3,(H,18,20). The van der Waals surface area contributed by atoms with E-state index in [1.54, 1.807) is 20.9 Å². The van der Waals surface area contributed by atoms with E-state index in [4.69, 9.17) is 0 Å². The van der Waals surface area contributed by atoms with Crippen molar-refractivity contribution in [2.75, 3.05) is 13.6 Å². The predicted octanol–water partition coefficient (Wildman–Crippen LogP) is 2.58. The topological polar surface area (TPSA) is 32.3 Å². The summed E-state index contributed by atoms with van der Waals surface area (Å²) in [6.07, 6.45) is -4.85. The SMILES string of the molecule is CN(Cc1ccccc1)CC(C)(C)NC(=O)C(F)(F)F. The van der Waals surface area contributed by atoms with Crippen LogP contribution >= 0.6 is 0 Å². The first-order valence-electron chi connectivity index (χ1n) is 6.22. The van der Waals surface area contributed by atoms with Crippen LogP contribution in [0.15, 0.2) is 30.3 Å². The Morgan fingerprint density at radius 3 is 2.25 bits per heavy atom. The first-order valence-corrected chi connectivity index (χ1v) is 6.22. The quantitative estimate of drug-likeness (QED) is 0.903. The van der Waals surface area contributed by atoms with E-state index in [-0.39, 0.29) is 0 Å². The molecule has 0 heterocycles. The van der Waals surface area contributed by atoms with Gasteiger partial charge in [0.05, 0.1) is 0 Å². The highest BCUT2D eigenvalue weighted by molar-refractivity contribution is 5.82. The molecule has 1 aromatic carbocycles. The lowest BCUT2D eigenvalue weighted by Gasteiger charge is -2.31. The average Bonchev–Trinajstić information content (AvgIpc) is 2.27. The third-order valence-electron chi connectivity index (χ3n) is 2.67. The average molecular weight is 288 g/mol. The van der Waals surface area contributed by atoms with Crippen molar-refractivity contribution in [1.82, 2.24) is 10.2 Å². The van der Waals surface area contributed by atoms with Gasteiger partial charge in [-0.2, -0.15) is 13.2 Å². The zero-order valence-electron chi connectivity index (χ0n) is 11.8. The van der Waals surface area contributed by atoms with Crippen LogP contribution < -0.4 is 5.32 Å². The minimum atomic E-state index is -4.85. The molecular formula is C14H19F3N2O. The normalized spacial score (nSPS) is 12.6. The number of carbonyl (C=O) groups excluding carboxylic acids is 1. The highest BCUT2D eigenvalue weighted by Crippen LogP contribution is 2.17. The summed E-state index contributed by atoms with van der Waals surface area (Å²) in [6, 6.07) is 9.59. The summed E-state index contributed by atoms with van der Waals surface area (Å²) in [4.78, 5) is 12.8. The van der Waals surface area contributed by atoms with Crippen molar-refractivity contribution in [2.24, 2.45) is 0 Å². The second kappa shape index (κ2) is 6.26. The predicted molar refractivity (Wildman–Crippen MR) is 71.1 cm³/mol. The third-order valence-corrected chi connectivity index (χ3v) is 2.67. The van der Waals surface area contributed by atoms with Crippen LogP contribution in [0, 0.1) is 0 Å². The van der Waals surface area contributed by atoms with Crippen LogP contribution in [0.2, 0.25) is 0 Å². The summed E-state index contributed by atoms with van der Waals surface area (Å²) in [7, 11) is 1.80. The van der Waals surface area contributed by atoms with Crippen LogP contribution in [0.3, 0.4) is 0 Å². The van der Waals surface area contributed by atoms with Gasteiger partial charge in [-0.1, -0.05) is 30.3 Å². The first kappa shape index (κ1) is 16.5. The number of benzene rings is 1. The van der Waals surface area contributed by atoms with Gasteiger partial charge in [-0.3, -0.25) is 9.69 Å². The summed E-state index contributed by atoms with van der Waals surface area (Å²) in [5, 5.41) is 2.01. The fraction of sp³-hybridized carbons (Fsp3) is 0.500. The van der Waals surface area contributed by atoms with Gasteiger partial charge in [0, 0.05) is 18.6 Å². The van der Waals surface area contributed by atoms with E-state index in [2.05, 4.69) is 0 Å². The number of nitrogens with zero attached hydrogens (tertiary/aromatic N) is 1. The van der Waals surface area contributed by atoms with E-state index in [1.807, 2.05) is 40.5 Å². The zero-order valence-corrected chi connectivity index (χ0v) is 11.8. The number of hydrogen-bond donors (Lipinski definition) is 1. The van der Waals surface area contributed by atoms with Crippen molar-refractivity contribution in [1.29, 1.82) is 0 Å². The molecule has 0 aromatic heterocycles. The third kappa shape index (κ3) is 5.61. The molecule has 1 N–H and O–H groups in total. The molecule has 6 heteroatoms. The van der Waals surface area contributed by atoms with E-state index in [0.717, 1.165) is 5.56 Å². The molecule has 0 spiro atoms. The Labute approximate surface area is 116 Å². The summed E-state index contributed by atoms with van der Waals surface area (Å²) >= 11 is 0. The molecule has 0 fully saturated rings. The molecule has 0 unspecified atom stereocenters. The summed E-state index contributed by atoms with van der Waals surface area (Å²) in [6.45, 7) is 4.05. The smallest absolute Gasteiger partial charge is 0.342 e. The van der Waals surface area contributed by atoms with Gasteiger partial charge in [0.25, 0.3) is 0 Å². The van der Waals surface area contributed by atoms with Gasteiger partial charge in [-0.05, 0) is 26.5 Å². The van der Waals surface area contributed by atoms with Crippen LogP contribution in [0.4, 0.5) is 13.2 Å². The summed E-state index contributed by atoms with van der Waals surface area (Å²) < 4.78 is 36.7. The molecule has 0 aliphatic rings. The molecule has 0 bridgehead atoms. The van der Waals surface area contributed by atoms with Gasteiger partial charge >= 0.3 is 12.1 Å². The van der Waals surface area contributed by atoms with Gasteiger partial charge in [-0.25, -0.2) is 0 Å². The minimum Gasteiger partial charge on any atom is -0.342 e. The molecule has 0 saturated heterocycles. The van der Waals surface area contributed by atoms with E-state index in [1.165, 1.54) is 0 Å². The maximum Gasteiger partial charge on any atom is 0.471 e. The van der Waals surface area contributed by atoms with E-state index < -0.39 is 17.6 Å². The second-order valence-electron chi connectivity index (χ2n) is 5.49. The van der Waals surface area contributed by atoms with E-state index in [0.29, 0.717) is 13.1 Å². The van der Waals surface area contributed by atoms with Crippen molar-refractivity contribution >= 4 is 5.91 Å². The molecular weight excluding hydrogens is 269 g/mol. The summed E-state index contributed by atoms with van der Waals surface area (Å²) in [5.74, 6) is -1.91. The number of carbonyl (C=O) groups is 1. The largest absolute Gasteiger partial charge is 0.471 e. The van der Waals surface area contributed by atoms with Gasteiger partial charge < -0.3 is 5.32 Å². The lowest BCUT2D eigenvalue weighted by atomic mass is 10.0. The number of rotatable bonds is 5. The van der Waals surface area contributed by atoms with Crippen molar-refractivity contribution in [3.8, 4) is 0 Å². The van der Waals surface area contributed by atoms with Gasteiger partial charge in [-0.15, -0.1) is 0 Å². The van der Waals surface area contributed by atoms with E-state index >= 15 is 0 Å². The Hall–Kier alpha value is -1.56. The monoisotopic (exact) mass is 288 g/mol. The molecule has 1 amide bonds. The van der Waals surface area contributed by atoms with Gasteiger partial charge in [0.15, 0.2) is 0 Å². The minimum absolute atomic E-state index is 0.309. The molecule has 0 aliphatic carbocycles. The Kier molecular flexibility index (Phi) is 5.16.